The van der Waals surface area contributed by atoms with Gasteiger partial charge in [-0.15, -0.1) is 0 Å². The van der Waals surface area contributed by atoms with Crippen molar-refractivity contribution >= 4 is 35.0 Å². The van der Waals surface area contributed by atoms with Gasteiger partial charge in [0.2, 0.25) is 11.7 Å². The largest absolute Gasteiger partial charge is 0.476 e. The number of aliphatic hydroxyl groups excluding tert-OH is 1. The molecule has 15 heteroatoms. The van der Waals surface area contributed by atoms with Crippen molar-refractivity contribution < 1.29 is 33.0 Å². The van der Waals surface area contributed by atoms with Gasteiger partial charge in [0.15, 0.2) is 24.0 Å². The molecule has 12 nitrogen and oxygen atoms in total. The predicted molar refractivity (Wildman–Crippen MR) is 163 cm³/mol. The molecule has 0 radical (unpaired) electrons. The molecule has 0 aliphatic carbocycles. The Labute approximate surface area is 268 Å². The van der Waals surface area contributed by atoms with Crippen molar-refractivity contribution in [2.24, 2.45) is 13.0 Å². The van der Waals surface area contributed by atoms with Crippen molar-refractivity contribution in [3.8, 4) is 23.1 Å². The van der Waals surface area contributed by atoms with Crippen molar-refractivity contribution in [2.75, 3.05) is 51.3 Å². The second-order valence-corrected chi connectivity index (χ2v) is 11.5. The van der Waals surface area contributed by atoms with Gasteiger partial charge in [0.25, 0.3) is 11.8 Å². The zero-order chi connectivity index (χ0) is 33.0. The summed E-state index contributed by atoms with van der Waals surface area (Å²) in [5.74, 6) is -4.09. The van der Waals surface area contributed by atoms with Gasteiger partial charge in [-0.2, -0.15) is 9.65 Å². The summed E-state index contributed by atoms with van der Waals surface area (Å²) in [6.07, 6.45) is 2.26. The van der Waals surface area contributed by atoms with Crippen molar-refractivity contribution in [1.82, 2.24) is 24.7 Å². The van der Waals surface area contributed by atoms with Gasteiger partial charge in [-0.1, -0.05) is 11.6 Å². The topological polar surface area (TPSA) is 153 Å². The molecular formula is C31H32ClF2N7O5. The third-order valence-electron chi connectivity index (χ3n) is 8.18. The minimum atomic E-state index is -1.27. The molecule has 2 aliphatic heterocycles. The number of piperazine rings is 1. The third-order valence-corrected chi connectivity index (χ3v) is 8.50. The first-order chi connectivity index (χ1) is 22.1. The van der Waals surface area contributed by atoms with Crippen LogP contribution in [0.2, 0.25) is 5.02 Å². The van der Waals surface area contributed by atoms with E-state index in [2.05, 4.69) is 15.6 Å². The fraction of sp³-hybridized carbons (Fsp3) is 0.387. The highest BCUT2D eigenvalue weighted by Gasteiger charge is 2.33. The molecule has 0 bridgehead atoms. The minimum Gasteiger partial charge on any atom is -0.476 e. The van der Waals surface area contributed by atoms with Gasteiger partial charge in [-0.05, 0) is 43.2 Å². The van der Waals surface area contributed by atoms with Crippen molar-refractivity contribution in [3.63, 3.8) is 0 Å². The van der Waals surface area contributed by atoms with Crippen molar-refractivity contribution in [2.45, 2.75) is 18.9 Å². The number of amides is 3. The summed E-state index contributed by atoms with van der Waals surface area (Å²) in [6.45, 7) is 1.97. The van der Waals surface area contributed by atoms with Crippen LogP contribution < -0.4 is 15.4 Å². The van der Waals surface area contributed by atoms with Crippen LogP contribution in [0, 0.1) is 28.9 Å². The number of nitrogens with zero attached hydrogens (tertiary/aromatic N) is 5. The average molecular weight is 656 g/mol. The monoisotopic (exact) mass is 655 g/mol. The molecule has 2 aliphatic rings. The van der Waals surface area contributed by atoms with E-state index in [1.54, 1.807) is 15.9 Å². The summed E-state index contributed by atoms with van der Waals surface area (Å²) in [7, 11) is 1.47. The molecule has 0 spiro atoms. The highest BCUT2D eigenvalue weighted by molar-refractivity contribution is 6.34. The molecular weight excluding hydrogens is 624 g/mol. The number of nitrogens with one attached hydrogen (secondary N) is 2. The second-order valence-electron chi connectivity index (χ2n) is 11.0. The Kier molecular flexibility index (Phi) is 10.2. The van der Waals surface area contributed by atoms with E-state index in [-0.39, 0.29) is 63.7 Å². The number of carbonyl (C=O) groups excluding carboxylic acids is 3. The lowest BCUT2D eigenvalue weighted by Crippen LogP contribution is -2.56. The molecule has 1 aromatic heterocycles. The van der Waals surface area contributed by atoms with Crippen LogP contribution in [0.1, 0.15) is 33.8 Å². The molecule has 242 valence electrons. The molecule has 46 heavy (non-hydrogen) atoms. The second kappa shape index (κ2) is 14.2. The van der Waals surface area contributed by atoms with Gasteiger partial charge in [0.1, 0.15) is 6.07 Å². The van der Waals surface area contributed by atoms with E-state index in [0.29, 0.717) is 45.6 Å². The summed E-state index contributed by atoms with van der Waals surface area (Å²) < 4.78 is 35.4. The number of imidazole rings is 1. The van der Waals surface area contributed by atoms with Crippen LogP contribution >= 0.6 is 11.6 Å². The molecule has 3 amide bonds. The summed E-state index contributed by atoms with van der Waals surface area (Å²) in [4.78, 5) is 46.8. The van der Waals surface area contributed by atoms with Gasteiger partial charge in [0.05, 0.1) is 29.1 Å². The maximum atomic E-state index is 14.8. The molecule has 2 saturated heterocycles. The quantitative estimate of drug-likeness (QED) is 0.335. The normalized spacial score (nSPS) is 17.0. The number of nitriles is 1. The van der Waals surface area contributed by atoms with E-state index < -0.39 is 29.9 Å². The Morgan fingerprint density at radius 3 is 2.61 bits per heavy atom. The first-order valence-corrected chi connectivity index (χ1v) is 15.0. The third kappa shape index (κ3) is 6.81. The zero-order valence-electron chi connectivity index (χ0n) is 24.9. The molecule has 2 aromatic carbocycles. The van der Waals surface area contributed by atoms with Gasteiger partial charge >= 0.3 is 0 Å². The number of aliphatic hydroxyl groups is 1. The van der Waals surface area contributed by atoms with Crippen molar-refractivity contribution in [1.29, 1.82) is 5.26 Å². The van der Waals surface area contributed by atoms with E-state index in [1.165, 1.54) is 48.1 Å². The van der Waals surface area contributed by atoms with Gasteiger partial charge in [-0.3, -0.25) is 14.4 Å². The van der Waals surface area contributed by atoms with Crippen LogP contribution in [-0.2, 0) is 11.8 Å². The number of rotatable bonds is 8. The fourth-order valence-corrected chi connectivity index (χ4v) is 5.94. The maximum absolute atomic E-state index is 14.8. The lowest BCUT2D eigenvalue weighted by atomic mass is 9.94. The summed E-state index contributed by atoms with van der Waals surface area (Å²) in [5, 5.41) is 24.0. The SMILES string of the molecule is Cn1c(-c2ccc(OCC#N)c(F)c2F)cnc1C(=O)Nc1ccc(C(=O)N2CCC(C(=O)N3CCN[C@@H](CO)C3)CC2)c(Cl)c1. The molecule has 0 unspecified atom stereocenters. The van der Waals surface area contributed by atoms with E-state index >= 15 is 0 Å². The number of ether oxygens (including phenoxy) is 1. The summed E-state index contributed by atoms with van der Waals surface area (Å²) in [6, 6.07) is 8.46. The van der Waals surface area contributed by atoms with Crippen LogP contribution in [0.15, 0.2) is 36.5 Å². The number of hydrogen-bond donors (Lipinski definition) is 3. The molecule has 5 rings (SSSR count). The Bertz CT molecular complexity index is 1690. The molecule has 3 N–H and O–H groups in total. The number of aromatic nitrogens is 2. The number of likely N-dealkylation sites (tertiary alicyclic amines) is 1. The van der Waals surface area contributed by atoms with E-state index in [1.807, 2.05) is 0 Å². The molecule has 1 atom stereocenters. The van der Waals surface area contributed by atoms with E-state index in [9.17, 15) is 28.3 Å². The fourth-order valence-electron chi connectivity index (χ4n) is 5.68. The van der Waals surface area contributed by atoms with Gasteiger partial charge in [-0.25, -0.2) is 9.37 Å². The average Bonchev–Trinajstić information content (AvgIpc) is 3.45. The van der Waals surface area contributed by atoms with Gasteiger partial charge < -0.3 is 34.8 Å². The maximum Gasteiger partial charge on any atom is 0.291 e. The first-order valence-electron chi connectivity index (χ1n) is 14.7. The highest BCUT2D eigenvalue weighted by Crippen LogP contribution is 2.31. The number of piperidine rings is 1. The highest BCUT2D eigenvalue weighted by atomic mass is 35.5. The van der Waals surface area contributed by atoms with Crippen LogP contribution in [0.3, 0.4) is 0 Å². The van der Waals surface area contributed by atoms with Crippen LogP contribution in [0.5, 0.6) is 5.75 Å². The Hall–Kier alpha value is -4.58. The summed E-state index contributed by atoms with van der Waals surface area (Å²) in [5.41, 5.74) is 0.500. The lowest BCUT2D eigenvalue weighted by Gasteiger charge is -2.38. The number of benzene rings is 2. The standard InChI is InChI=1S/C31H32ClF2N7O5/c1-39-24(22-4-5-25(46-13-8-35)27(34)26(22)33)15-37-28(39)29(43)38-19-2-3-21(23(32)14-19)31(45)40-10-6-18(7-11-40)30(44)41-12-9-36-20(16-41)17-42/h2-5,14-15,18,20,36,42H,6-7,9-13,16-17H2,1H3,(H,38,43)/t20-/m1/s1. The van der Waals surface area contributed by atoms with E-state index in [4.69, 9.17) is 21.6 Å². The zero-order valence-corrected chi connectivity index (χ0v) is 25.7. The van der Waals surface area contributed by atoms with E-state index in [0.717, 1.165) is 0 Å². The predicted octanol–water partition coefficient (Wildman–Crippen LogP) is 2.82. The Morgan fingerprint density at radius 2 is 1.91 bits per heavy atom. The Balaban J connectivity index is 1.20. The number of carbonyl (C=O) groups is 3. The van der Waals surface area contributed by atoms with Crippen LogP contribution in [0.4, 0.5) is 14.5 Å². The molecule has 0 saturated carbocycles. The minimum absolute atomic E-state index is 0.0366. The first kappa shape index (κ1) is 32.8. The number of hydrogen-bond acceptors (Lipinski definition) is 8. The molecule has 3 heterocycles. The van der Waals surface area contributed by atoms with Crippen LogP contribution in [0.25, 0.3) is 11.3 Å². The van der Waals surface area contributed by atoms with Crippen LogP contribution in [-0.4, -0.2) is 94.2 Å². The molecule has 2 fully saturated rings. The Morgan fingerprint density at radius 1 is 1.15 bits per heavy atom. The molecule has 3 aromatic rings. The number of halogens is 3. The van der Waals surface area contributed by atoms with Crippen molar-refractivity contribution in [3.05, 3.63) is 64.6 Å². The van der Waals surface area contributed by atoms with Gasteiger partial charge in [0, 0.05) is 63.0 Å². The number of anilines is 1. The lowest BCUT2D eigenvalue weighted by molar-refractivity contribution is -0.138. The summed E-state index contributed by atoms with van der Waals surface area (Å²) >= 11 is 6.46. The smallest absolute Gasteiger partial charge is 0.291 e.